The predicted octanol–water partition coefficient (Wildman–Crippen LogP) is 8.55. The first-order valence-corrected chi connectivity index (χ1v) is 17.7. The minimum Gasteiger partial charge on any atom is -0.487 e. The Morgan fingerprint density at radius 2 is 1.67 bits per heavy atom. The standard InChI is InChI=1S/C38H38Cl2F2N4O6/c1-23(2)49-34-16-27(9-10-32(34)51-37(41)42)33(17-29-30(39)19-44-20-31(29)40)50-36(47)26-7-5-24(6-8-26)21-46(28-4-3-13-43-18-28)38(48)52-35-22-45-14-11-25(35)12-15-45/h3-10,13,16,18-20,23,25,33,35,37H,11-12,14-15,17,21-22H2,1-2H3/t33-,35-/m0/s1. The topological polar surface area (TPSA) is 103 Å². The smallest absolute Gasteiger partial charge is 0.414 e. The number of alkyl halides is 2. The van der Waals surface area contributed by atoms with Gasteiger partial charge in [0.05, 0.1) is 40.1 Å². The van der Waals surface area contributed by atoms with Crippen LogP contribution in [0.25, 0.3) is 0 Å². The molecule has 0 saturated carbocycles. The largest absolute Gasteiger partial charge is 0.487 e. The van der Waals surface area contributed by atoms with Gasteiger partial charge in [-0.05, 0) is 98.8 Å². The zero-order valence-corrected chi connectivity index (χ0v) is 30.1. The number of fused-ring (bicyclic) bond motifs is 3. The van der Waals surface area contributed by atoms with Crippen molar-refractivity contribution < 1.29 is 37.3 Å². The average Bonchev–Trinajstić information content (AvgIpc) is 3.13. The van der Waals surface area contributed by atoms with Crippen LogP contribution in [0.2, 0.25) is 10.0 Å². The molecule has 2 aromatic heterocycles. The Labute approximate surface area is 310 Å². The lowest BCUT2D eigenvalue weighted by molar-refractivity contribution is -0.0519. The number of hydrogen-bond acceptors (Lipinski definition) is 9. The molecule has 3 aliphatic heterocycles. The molecule has 7 rings (SSSR count). The predicted molar refractivity (Wildman–Crippen MR) is 191 cm³/mol. The molecule has 274 valence electrons. The molecule has 10 nitrogen and oxygen atoms in total. The summed E-state index contributed by atoms with van der Waals surface area (Å²) in [7, 11) is 0. The number of benzene rings is 2. The quantitative estimate of drug-likeness (QED) is 0.124. The number of pyridine rings is 2. The molecule has 52 heavy (non-hydrogen) atoms. The normalized spacial score (nSPS) is 18.6. The fraction of sp³-hybridized carbons (Fsp3) is 0.368. The third kappa shape index (κ3) is 9.28. The molecule has 0 N–H and O–H groups in total. The van der Waals surface area contributed by atoms with Gasteiger partial charge in [0.25, 0.3) is 0 Å². The van der Waals surface area contributed by atoms with Crippen molar-refractivity contribution in [2.45, 2.75) is 64.6 Å². The van der Waals surface area contributed by atoms with Crippen molar-refractivity contribution in [3.05, 3.63) is 112 Å². The van der Waals surface area contributed by atoms with Crippen molar-refractivity contribution in [2.75, 3.05) is 24.5 Å². The number of nitrogens with zero attached hydrogens (tertiary/aromatic N) is 4. The lowest BCUT2D eigenvalue weighted by atomic mass is 9.86. The molecular formula is C38H38Cl2F2N4O6. The van der Waals surface area contributed by atoms with Crippen LogP contribution in [0.15, 0.2) is 79.4 Å². The number of carbonyl (C=O) groups excluding carboxylic acids is 2. The van der Waals surface area contributed by atoms with Crippen LogP contribution in [0.1, 0.15) is 59.8 Å². The number of carbonyl (C=O) groups is 2. The van der Waals surface area contributed by atoms with Crippen molar-refractivity contribution in [1.82, 2.24) is 14.9 Å². The summed E-state index contributed by atoms with van der Waals surface area (Å²) >= 11 is 12.9. The summed E-state index contributed by atoms with van der Waals surface area (Å²) in [6.07, 6.45) is 6.19. The van der Waals surface area contributed by atoms with Gasteiger partial charge < -0.3 is 18.9 Å². The van der Waals surface area contributed by atoms with E-state index in [4.69, 9.17) is 37.4 Å². The Kier molecular flexibility index (Phi) is 12.1. The number of hydrogen-bond donors (Lipinski definition) is 0. The van der Waals surface area contributed by atoms with Crippen LogP contribution in [0.3, 0.4) is 0 Å². The van der Waals surface area contributed by atoms with Crippen molar-refractivity contribution in [3.63, 3.8) is 0 Å². The Bertz CT molecular complexity index is 1830. The Morgan fingerprint density at radius 3 is 2.29 bits per heavy atom. The van der Waals surface area contributed by atoms with Gasteiger partial charge >= 0.3 is 18.7 Å². The summed E-state index contributed by atoms with van der Waals surface area (Å²) in [5.74, 6) is -0.429. The molecule has 2 atom stereocenters. The highest BCUT2D eigenvalue weighted by atomic mass is 35.5. The van der Waals surface area contributed by atoms with Gasteiger partial charge in [-0.25, -0.2) is 9.59 Å². The van der Waals surface area contributed by atoms with E-state index in [-0.39, 0.29) is 52.3 Å². The first-order valence-electron chi connectivity index (χ1n) is 17.0. The van der Waals surface area contributed by atoms with Gasteiger partial charge in [0.15, 0.2) is 11.5 Å². The first-order chi connectivity index (χ1) is 25.0. The van der Waals surface area contributed by atoms with E-state index < -0.39 is 24.8 Å². The molecule has 3 fully saturated rings. The minimum absolute atomic E-state index is 0.0436. The second-order valence-corrected chi connectivity index (χ2v) is 13.8. The van der Waals surface area contributed by atoms with E-state index in [1.54, 1.807) is 62.6 Å². The number of ether oxygens (including phenoxy) is 4. The van der Waals surface area contributed by atoms with E-state index in [2.05, 4.69) is 19.6 Å². The van der Waals surface area contributed by atoms with Gasteiger partial charge in [0.1, 0.15) is 12.2 Å². The zero-order chi connectivity index (χ0) is 36.8. The van der Waals surface area contributed by atoms with Gasteiger partial charge in [-0.15, -0.1) is 0 Å². The molecule has 2 aromatic carbocycles. The number of aromatic nitrogens is 2. The van der Waals surface area contributed by atoms with Crippen LogP contribution in [0.4, 0.5) is 19.3 Å². The molecule has 0 aliphatic carbocycles. The number of anilines is 1. The number of halogens is 4. The zero-order valence-electron chi connectivity index (χ0n) is 28.6. The first kappa shape index (κ1) is 37.2. The molecule has 3 aliphatic rings. The molecule has 0 unspecified atom stereocenters. The van der Waals surface area contributed by atoms with E-state index in [0.717, 1.165) is 38.0 Å². The van der Waals surface area contributed by atoms with Crippen LogP contribution >= 0.6 is 23.2 Å². The molecule has 4 aromatic rings. The molecule has 1 amide bonds. The van der Waals surface area contributed by atoms with Crippen molar-refractivity contribution in [1.29, 1.82) is 0 Å². The van der Waals surface area contributed by atoms with E-state index in [0.29, 0.717) is 22.7 Å². The lowest BCUT2D eigenvalue weighted by Crippen LogP contribution is -2.53. The van der Waals surface area contributed by atoms with Crippen LogP contribution in [-0.2, 0) is 22.4 Å². The van der Waals surface area contributed by atoms with Crippen LogP contribution in [-0.4, -0.2) is 65.4 Å². The van der Waals surface area contributed by atoms with Crippen molar-refractivity contribution in [3.8, 4) is 11.5 Å². The van der Waals surface area contributed by atoms with Gasteiger partial charge in [0.2, 0.25) is 0 Å². The molecule has 0 radical (unpaired) electrons. The molecule has 0 spiro atoms. The molecular weight excluding hydrogens is 717 g/mol. The number of esters is 1. The Morgan fingerprint density at radius 1 is 0.942 bits per heavy atom. The maximum atomic E-state index is 13.7. The van der Waals surface area contributed by atoms with Gasteiger partial charge in [0, 0.05) is 31.6 Å². The highest BCUT2D eigenvalue weighted by molar-refractivity contribution is 6.35. The Hall–Kier alpha value is -4.52. The summed E-state index contributed by atoms with van der Waals surface area (Å²) in [5, 5.41) is 0.527. The summed E-state index contributed by atoms with van der Waals surface area (Å²) in [4.78, 5) is 39.3. The fourth-order valence-corrected chi connectivity index (χ4v) is 6.97. The van der Waals surface area contributed by atoms with Gasteiger partial charge in [-0.1, -0.05) is 41.4 Å². The monoisotopic (exact) mass is 754 g/mol. The van der Waals surface area contributed by atoms with Crippen LogP contribution in [0, 0.1) is 5.92 Å². The minimum atomic E-state index is -3.07. The lowest BCUT2D eigenvalue weighted by Gasteiger charge is -2.44. The molecule has 5 heterocycles. The van der Waals surface area contributed by atoms with Crippen LogP contribution < -0.4 is 14.4 Å². The summed E-state index contributed by atoms with van der Waals surface area (Å²) in [6.45, 7) is 3.38. The maximum Gasteiger partial charge on any atom is 0.414 e. The summed E-state index contributed by atoms with van der Waals surface area (Å²) in [5.41, 5.74) is 2.47. The molecule has 14 heteroatoms. The van der Waals surface area contributed by atoms with E-state index in [9.17, 15) is 18.4 Å². The van der Waals surface area contributed by atoms with Gasteiger partial charge in [-0.3, -0.25) is 19.8 Å². The second kappa shape index (κ2) is 16.9. The number of rotatable bonds is 13. The average molecular weight is 756 g/mol. The summed E-state index contributed by atoms with van der Waals surface area (Å²) in [6, 6.07) is 14.6. The third-order valence-corrected chi connectivity index (χ3v) is 9.72. The Balaban J connectivity index is 1.22. The third-order valence-electron chi connectivity index (χ3n) is 9.07. The molecule has 2 bridgehead atoms. The van der Waals surface area contributed by atoms with E-state index >= 15 is 0 Å². The number of amides is 1. The SMILES string of the molecule is CC(C)Oc1cc([C@H](Cc2c(Cl)cncc2Cl)OC(=O)c2ccc(CN(C(=O)O[C@H]3CN4CCC3CC4)c3cccnc3)cc2)ccc1OC(F)F. The molecule has 3 saturated heterocycles. The summed E-state index contributed by atoms with van der Waals surface area (Å²) < 4.78 is 48.9. The van der Waals surface area contributed by atoms with E-state index in [1.165, 1.54) is 35.5 Å². The maximum absolute atomic E-state index is 13.7. The van der Waals surface area contributed by atoms with Crippen LogP contribution in [0.5, 0.6) is 11.5 Å². The second-order valence-electron chi connectivity index (χ2n) is 13.0. The van der Waals surface area contributed by atoms with Crippen molar-refractivity contribution in [2.24, 2.45) is 5.92 Å². The highest BCUT2D eigenvalue weighted by Gasteiger charge is 2.37. The van der Waals surface area contributed by atoms with Gasteiger partial charge in [-0.2, -0.15) is 8.78 Å². The fourth-order valence-electron chi connectivity index (χ4n) is 6.45. The number of piperidine rings is 3. The van der Waals surface area contributed by atoms with E-state index in [1.807, 2.05) is 0 Å². The highest BCUT2D eigenvalue weighted by Crippen LogP contribution is 2.37. The van der Waals surface area contributed by atoms with Crippen molar-refractivity contribution >= 4 is 41.0 Å².